The van der Waals surface area contributed by atoms with Gasteiger partial charge in [-0.05, 0) is 81.1 Å². The molecule has 0 aromatic heterocycles. The Kier molecular flexibility index (Phi) is 7.59. The van der Waals surface area contributed by atoms with E-state index in [-0.39, 0.29) is 11.3 Å². The van der Waals surface area contributed by atoms with Gasteiger partial charge in [0.25, 0.3) is 5.91 Å². The van der Waals surface area contributed by atoms with Crippen LogP contribution in [0.15, 0.2) is 54.6 Å². The number of hydrogen-bond acceptors (Lipinski definition) is 3. The number of para-hydroxylation sites is 1. The zero-order chi connectivity index (χ0) is 19.1. The van der Waals surface area contributed by atoms with Crippen LogP contribution in [0, 0.1) is 24.3 Å². The highest BCUT2D eigenvalue weighted by molar-refractivity contribution is 14.1. The summed E-state index contributed by atoms with van der Waals surface area (Å²) < 4.78 is 20.9. The number of halogens is 3. The second-order valence-corrected chi connectivity index (χ2v) is 7.34. The van der Waals surface area contributed by atoms with Crippen molar-refractivity contribution in [3.8, 4) is 11.8 Å². The molecule has 0 unspecified atom stereocenters. The molecule has 0 aliphatic heterocycles. The standard InChI is InChI=1S/C19H13FI2N2O2/c1-2-7-26-18-15(21)9-12(10-16(18)22)8-13(11-23)19(25)24-17-6-4-3-5-14(17)20/h2-6,8-10H,1,7H2,(H,24,25)/b13-8-. The van der Waals surface area contributed by atoms with Crippen molar-refractivity contribution in [2.24, 2.45) is 0 Å². The number of amides is 1. The van der Waals surface area contributed by atoms with Gasteiger partial charge < -0.3 is 10.1 Å². The van der Waals surface area contributed by atoms with E-state index in [0.717, 1.165) is 12.9 Å². The van der Waals surface area contributed by atoms with E-state index >= 15 is 0 Å². The third-order valence-corrected chi connectivity index (χ3v) is 4.77. The maximum absolute atomic E-state index is 13.7. The zero-order valence-electron chi connectivity index (χ0n) is 13.4. The van der Waals surface area contributed by atoms with Crippen LogP contribution in [-0.2, 0) is 4.79 Å². The number of nitriles is 1. The minimum Gasteiger partial charge on any atom is -0.487 e. The number of carbonyl (C=O) groups is 1. The van der Waals surface area contributed by atoms with Gasteiger partial charge in [-0.2, -0.15) is 5.26 Å². The van der Waals surface area contributed by atoms with Crippen molar-refractivity contribution in [2.75, 3.05) is 11.9 Å². The Bertz CT molecular complexity index is 897. The van der Waals surface area contributed by atoms with Gasteiger partial charge in [0.05, 0.1) is 12.8 Å². The van der Waals surface area contributed by atoms with E-state index in [0.29, 0.717) is 12.2 Å². The van der Waals surface area contributed by atoms with E-state index in [1.165, 1.54) is 24.3 Å². The Morgan fingerprint density at radius 3 is 2.54 bits per heavy atom. The fourth-order valence-electron chi connectivity index (χ4n) is 2.01. The van der Waals surface area contributed by atoms with E-state index in [2.05, 4.69) is 57.1 Å². The highest BCUT2D eigenvalue weighted by Gasteiger charge is 2.13. The van der Waals surface area contributed by atoms with Gasteiger partial charge in [-0.1, -0.05) is 24.8 Å². The second-order valence-electron chi connectivity index (χ2n) is 5.02. The smallest absolute Gasteiger partial charge is 0.266 e. The van der Waals surface area contributed by atoms with Crippen molar-refractivity contribution >= 4 is 62.9 Å². The van der Waals surface area contributed by atoms with Crippen LogP contribution in [0.4, 0.5) is 10.1 Å². The number of ether oxygens (including phenoxy) is 1. The average Bonchev–Trinajstić information content (AvgIpc) is 2.61. The Labute approximate surface area is 178 Å². The summed E-state index contributed by atoms with van der Waals surface area (Å²) in [5, 5.41) is 11.7. The number of hydrogen-bond donors (Lipinski definition) is 1. The van der Waals surface area contributed by atoms with Gasteiger partial charge in [-0.25, -0.2) is 4.39 Å². The summed E-state index contributed by atoms with van der Waals surface area (Å²) in [6.45, 7) is 4.00. The third kappa shape index (κ3) is 5.28. The summed E-state index contributed by atoms with van der Waals surface area (Å²) in [5.74, 6) is -0.516. The summed E-state index contributed by atoms with van der Waals surface area (Å²) >= 11 is 4.25. The first-order valence-electron chi connectivity index (χ1n) is 7.36. The molecular weight excluding hydrogens is 561 g/mol. The Hall–Kier alpha value is -1.93. The fourth-order valence-corrected chi connectivity index (χ4v) is 4.14. The number of benzene rings is 2. The molecule has 0 aliphatic rings. The van der Waals surface area contributed by atoms with Crippen molar-refractivity contribution in [2.45, 2.75) is 0 Å². The predicted molar refractivity (Wildman–Crippen MR) is 116 cm³/mol. The Morgan fingerprint density at radius 2 is 1.96 bits per heavy atom. The summed E-state index contributed by atoms with van der Waals surface area (Å²) in [6.07, 6.45) is 3.11. The fraction of sp³-hybridized carbons (Fsp3) is 0.0526. The highest BCUT2D eigenvalue weighted by Crippen LogP contribution is 2.30. The van der Waals surface area contributed by atoms with Crippen LogP contribution in [-0.4, -0.2) is 12.5 Å². The van der Waals surface area contributed by atoms with Crippen molar-refractivity contribution in [1.82, 2.24) is 0 Å². The van der Waals surface area contributed by atoms with E-state index in [1.807, 2.05) is 6.07 Å². The Balaban J connectivity index is 2.28. The zero-order valence-corrected chi connectivity index (χ0v) is 17.7. The lowest BCUT2D eigenvalue weighted by atomic mass is 10.1. The lowest BCUT2D eigenvalue weighted by Crippen LogP contribution is -2.14. The molecule has 0 bridgehead atoms. The quantitative estimate of drug-likeness (QED) is 0.225. The maximum Gasteiger partial charge on any atom is 0.266 e. The van der Waals surface area contributed by atoms with Crippen LogP contribution in [0.25, 0.3) is 6.08 Å². The van der Waals surface area contributed by atoms with E-state index in [4.69, 9.17) is 4.74 Å². The molecule has 2 aromatic carbocycles. The van der Waals surface area contributed by atoms with Gasteiger partial charge in [0, 0.05) is 0 Å². The predicted octanol–water partition coefficient (Wildman–Crippen LogP) is 5.15. The first-order valence-corrected chi connectivity index (χ1v) is 9.52. The normalized spacial score (nSPS) is 10.8. The monoisotopic (exact) mass is 574 g/mol. The molecule has 26 heavy (non-hydrogen) atoms. The molecule has 0 spiro atoms. The molecule has 0 atom stereocenters. The number of nitrogens with zero attached hydrogens (tertiary/aromatic N) is 1. The molecule has 132 valence electrons. The highest BCUT2D eigenvalue weighted by atomic mass is 127. The first-order chi connectivity index (χ1) is 12.5. The molecule has 0 radical (unpaired) electrons. The third-order valence-electron chi connectivity index (χ3n) is 3.16. The molecular formula is C19H13FI2N2O2. The van der Waals surface area contributed by atoms with Crippen LogP contribution in [0.5, 0.6) is 5.75 Å². The van der Waals surface area contributed by atoms with E-state index < -0.39 is 11.7 Å². The maximum atomic E-state index is 13.7. The molecule has 1 N–H and O–H groups in total. The molecule has 0 saturated heterocycles. The second kappa shape index (κ2) is 9.68. The van der Waals surface area contributed by atoms with Gasteiger partial charge in [-0.15, -0.1) is 0 Å². The van der Waals surface area contributed by atoms with Crippen molar-refractivity contribution in [1.29, 1.82) is 5.26 Å². The van der Waals surface area contributed by atoms with Gasteiger partial charge in [0.15, 0.2) is 0 Å². The van der Waals surface area contributed by atoms with Gasteiger partial charge in [0.2, 0.25) is 0 Å². The van der Waals surface area contributed by atoms with Crippen LogP contribution in [0.1, 0.15) is 5.56 Å². The van der Waals surface area contributed by atoms with Crippen molar-refractivity contribution in [3.05, 3.63) is 73.1 Å². The number of anilines is 1. The summed E-state index contributed by atoms with van der Waals surface area (Å²) in [4.78, 5) is 12.3. The van der Waals surface area contributed by atoms with Gasteiger partial charge in [-0.3, -0.25) is 4.79 Å². The Morgan fingerprint density at radius 1 is 1.31 bits per heavy atom. The topological polar surface area (TPSA) is 62.1 Å². The van der Waals surface area contributed by atoms with Crippen LogP contribution >= 0.6 is 45.2 Å². The first kappa shape index (κ1) is 20.4. The molecule has 2 aromatic rings. The number of rotatable bonds is 6. The molecule has 0 fully saturated rings. The SMILES string of the molecule is C=CCOc1c(I)cc(/C=C(/C#N)C(=O)Nc2ccccc2F)cc1I. The minimum absolute atomic E-state index is 0.0241. The largest absolute Gasteiger partial charge is 0.487 e. The van der Waals surface area contributed by atoms with Gasteiger partial charge in [0.1, 0.15) is 29.8 Å². The molecule has 0 aliphatic carbocycles. The molecule has 4 nitrogen and oxygen atoms in total. The minimum atomic E-state index is -0.672. The number of carbonyl (C=O) groups excluding carboxylic acids is 1. The summed E-state index contributed by atoms with van der Waals surface area (Å²) in [5.41, 5.74) is 0.570. The van der Waals surface area contributed by atoms with Gasteiger partial charge >= 0.3 is 0 Å². The average molecular weight is 574 g/mol. The summed E-state index contributed by atoms with van der Waals surface area (Å²) in [6, 6.07) is 11.2. The van der Waals surface area contributed by atoms with E-state index in [9.17, 15) is 14.4 Å². The van der Waals surface area contributed by atoms with E-state index in [1.54, 1.807) is 24.3 Å². The number of nitrogens with one attached hydrogen (secondary N) is 1. The molecule has 7 heteroatoms. The lowest BCUT2D eigenvalue weighted by Gasteiger charge is -2.10. The van der Waals surface area contributed by atoms with Crippen LogP contribution in [0.2, 0.25) is 0 Å². The van der Waals surface area contributed by atoms with Crippen LogP contribution in [0.3, 0.4) is 0 Å². The van der Waals surface area contributed by atoms with Crippen molar-refractivity contribution < 1.29 is 13.9 Å². The molecule has 0 heterocycles. The summed E-state index contributed by atoms with van der Waals surface area (Å²) in [7, 11) is 0. The van der Waals surface area contributed by atoms with Crippen LogP contribution < -0.4 is 10.1 Å². The molecule has 1 amide bonds. The van der Waals surface area contributed by atoms with Crippen molar-refractivity contribution in [3.63, 3.8) is 0 Å². The molecule has 2 rings (SSSR count). The molecule has 0 saturated carbocycles. The lowest BCUT2D eigenvalue weighted by molar-refractivity contribution is -0.112.